The van der Waals surface area contributed by atoms with Gasteiger partial charge < -0.3 is 0 Å². The summed E-state index contributed by atoms with van der Waals surface area (Å²) in [6.07, 6.45) is 29.1. The topological polar surface area (TPSA) is 0 Å². The SMILES string of the molecule is C.C.CCC/C=C1\CCC2[C@H](CCC3[C@@H]2CCC2(C)C([C@H](C)CC4C=CC(C(C)(C)CC)=C4)CC[C@@H]32)C1. The summed E-state index contributed by atoms with van der Waals surface area (Å²) in [4.78, 5) is 0. The Balaban J connectivity index is 0.00000190. The molecule has 5 aliphatic carbocycles. The van der Waals surface area contributed by atoms with Gasteiger partial charge in [0, 0.05) is 0 Å². The van der Waals surface area contributed by atoms with Crippen LogP contribution in [0.15, 0.2) is 35.5 Å². The van der Waals surface area contributed by atoms with E-state index >= 15 is 0 Å². The largest absolute Gasteiger partial charge is 0.0853 e. The van der Waals surface area contributed by atoms with Gasteiger partial charge in [0.2, 0.25) is 0 Å². The van der Waals surface area contributed by atoms with Crippen molar-refractivity contribution in [3.8, 4) is 0 Å². The molecule has 4 fully saturated rings. The van der Waals surface area contributed by atoms with Crippen LogP contribution in [-0.2, 0) is 0 Å². The smallest absolute Gasteiger partial charge is 0.00416 e. The van der Waals surface area contributed by atoms with E-state index in [1.54, 1.807) is 18.4 Å². The predicted molar refractivity (Wildman–Crippen MR) is 166 cm³/mol. The van der Waals surface area contributed by atoms with Gasteiger partial charge in [0.1, 0.15) is 0 Å². The maximum atomic E-state index is 2.76. The first-order chi connectivity index (χ1) is 16.8. The standard InChI is InChI=1S/C35H56.2CH4/c1-7-9-10-25-12-15-29-27(22-25)13-16-31-30(29)19-20-35(6)32(17-18-33(31)35)24(3)21-26-11-14-28(23-26)34(4,5)8-2;;/h10-11,14,23-24,26-27,29-33H,7-9,12-13,15-22H2,1-6H3;2*1H4/b25-10+;;/t24-,26?,27-,29?,30-,31?,32?,33+,35?;;/m1../s1. The number of hydrogen-bond donors (Lipinski definition) is 0. The van der Waals surface area contributed by atoms with Crippen LogP contribution in [-0.4, -0.2) is 0 Å². The molecule has 0 spiro atoms. The summed E-state index contributed by atoms with van der Waals surface area (Å²) < 4.78 is 0. The van der Waals surface area contributed by atoms with Crippen LogP contribution in [0.3, 0.4) is 0 Å². The Morgan fingerprint density at radius 3 is 2.51 bits per heavy atom. The van der Waals surface area contributed by atoms with Crippen LogP contribution in [0.1, 0.15) is 140 Å². The summed E-state index contributed by atoms with van der Waals surface area (Å²) in [6.45, 7) is 14.9. The Hall–Kier alpha value is -0.780. The molecule has 212 valence electrons. The molecule has 0 aromatic carbocycles. The summed E-state index contributed by atoms with van der Waals surface area (Å²) in [5, 5.41) is 0. The fourth-order valence-electron chi connectivity index (χ4n) is 10.2. The van der Waals surface area contributed by atoms with Crippen molar-refractivity contribution in [3.05, 3.63) is 35.5 Å². The zero-order valence-corrected chi connectivity index (χ0v) is 24.1. The van der Waals surface area contributed by atoms with Gasteiger partial charge in [-0.25, -0.2) is 0 Å². The lowest BCUT2D eigenvalue weighted by molar-refractivity contribution is -0.0651. The molecule has 0 bridgehead atoms. The van der Waals surface area contributed by atoms with E-state index in [1.165, 1.54) is 70.6 Å². The second kappa shape index (κ2) is 12.2. The highest BCUT2D eigenvalue weighted by Crippen LogP contribution is 2.66. The average Bonchev–Trinajstić information content (AvgIpc) is 3.47. The fraction of sp³-hybridized carbons (Fsp3) is 0.838. The number of rotatable bonds is 7. The minimum Gasteiger partial charge on any atom is -0.0853 e. The summed E-state index contributed by atoms with van der Waals surface area (Å²) in [6, 6.07) is 0. The van der Waals surface area contributed by atoms with Crippen LogP contribution in [0, 0.1) is 58.2 Å². The lowest BCUT2D eigenvalue weighted by Gasteiger charge is -2.56. The first-order valence-corrected chi connectivity index (χ1v) is 15.8. The monoisotopic (exact) mass is 509 g/mol. The summed E-state index contributed by atoms with van der Waals surface area (Å²) >= 11 is 0. The van der Waals surface area contributed by atoms with Gasteiger partial charge in [-0.05, 0) is 141 Å². The number of hydrogen-bond acceptors (Lipinski definition) is 0. The summed E-state index contributed by atoms with van der Waals surface area (Å²) in [5.74, 6) is 7.71. The summed E-state index contributed by atoms with van der Waals surface area (Å²) in [7, 11) is 0. The number of fused-ring (bicyclic) bond motifs is 5. The minimum atomic E-state index is 0. The van der Waals surface area contributed by atoms with Gasteiger partial charge in [-0.15, -0.1) is 0 Å². The minimum absolute atomic E-state index is 0. The Morgan fingerprint density at radius 2 is 1.78 bits per heavy atom. The van der Waals surface area contributed by atoms with Gasteiger partial charge in [-0.3, -0.25) is 0 Å². The third-order valence-electron chi connectivity index (χ3n) is 12.5. The molecule has 5 rings (SSSR count). The summed E-state index contributed by atoms with van der Waals surface area (Å²) in [5.41, 5.74) is 4.36. The third-order valence-corrected chi connectivity index (χ3v) is 12.5. The van der Waals surface area contributed by atoms with Gasteiger partial charge in [-0.1, -0.05) is 92.7 Å². The second-order valence-electron chi connectivity index (χ2n) is 14.7. The highest BCUT2D eigenvalue weighted by Gasteiger charge is 2.57. The molecule has 0 N–H and O–H groups in total. The van der Waals surface area contributed by atoms with Gasteiger partial charge in [-0.2, -0.15) is 0 Å². The Bertz CT molecular complexity index is 838. The molecule has 0 amide bonds. The van der Waals surface area contributed by atoms with Crippen LogP contribution >= 0.6 is 0 Å². The zero-order chi connectivity index (χ0) is 24.8. The molecule has 0 heterocycles. The third kappa shape index (κ3) is 5.75. The molecule has 0 aliphatic heterocycles. The molecule has 5 unspecified atom stereocenters. The van der Waals surface area contributed by atoms with Crippen molar-refractivity contribution in [2.75, 3.05) is 0 Å². The van der Waals surface area contributed by atoms with Crippen LogP contribution in [0.25, 0.3) is 0 Å². The molecule has 9 atom stereocenters. The second-order valence-corrected chi connectivity index (χ2v) is 14.7. The molecule has 37 heavy (non-hydrogen) atoms. The molecule has 0 radical (unpaired) electrons. The van der Waals surface area contributed by atoms with Crippen molar-refractivity contribution >= 4 is 0 Å². The van der Waals surface area contributed by atoms with Crippen molar-refractivity contribution in [2.45, 2.75) is 140 Å². The number of unbranched alkanes of at least 4 members (excludes halogenated alkanes) is 1. The Kier molecular flexibility index (Phi) is 10.1. The molecule has 0 aromatic rings. The van der Waals surface area contributed by atoms with E-state index < -0.39 is 0 Å². The van der Waals surface area contributed by atoms with Gasteiger partial charge >= 0.3 is 0 Å². The van der Waals surface area contributed by atoms with E-state index in [1.807, 2.05) is 5.57 Å². The Labute approximate surface area is 233 Å². The lowest BCUT2D eigenvalue weighted by atomic mass is 9.49. The molecular formula is C37H64. The van der Waals surface area contributed by atoms with Gasteiger partial charge in [0.05, 0.1) is 0 Å². The van der Waals surface area contributed by atoms with E-state index in [0.717, 1.165) is 41.4 Å². The van der Waals surface area contributed by atoms with E-state index in [4.69, 9.17) is 0 Å². The van der Waals surface area contributed by atoms with Crippen molar-refractivity contribution in [3.63, 3.8) is 0 Å². The average molecular weight is 509 g/mol. The normalized spacial score (nSPS) is 40.6. The molecular weight excluding hydrogens is 444 g/mol. The Morgan fingerprint density at radius 1 is 1.00 bits per heavy atom. The van der Waals surface area contributed by atoms with E-state index in [2.05, 4.69) is 65.8 Å². The lowest BCUT2D eigenvalue weighted by Crippen LogP contribution is -2.48. The molecule has 0 nitrogen and oxygen atoms in total. The molecule has 0 aromatic heterocycles. The van der Waals surface area contributed by atoms with Crippen molar-refractivity contribution < 1.29 is 0 Å². The maximum absolute atomic E-state index is 2.76. The first-order valence-electron chi connectivity index (χ1n) is 15.8. The van der Waals surface area contributed by atoms with E-state index in [-0.39, 0.29) is 14.9 Å². The fourth-order valence-corrected chi connectivity index (χ4v) is 10.2. The van der Waals surface area contributed by atoms with Gasteiger partial charge in [0.15, 0.2) is 0 Å². The van der Waals surface area contributed by atoms with Crippen molar-refractivity contribution in [1.29, 1.82) is 0 Å². The van der Waals surface area contributed by atoms with Crippen LogP contribution in [0.5, 0.6) is 0 Å². The van der Waals surface area contributed by atoms with E-state index in [0.29, 0.717) is 16.7 Å². The first kappa shape index (κ1) is 30.8. The number of allylic oxidation sites excluding steroid dienone is 6. The van der Waals surface area contributed by atoms with Gasteiger partial charge in [0.25, 0.3) is 0 Å². The van der Waals surface area contributed by atoms with Crippen molar-refractivity contribution in [1.82, 2.24) is 0 Å². The maximum Gasteiger partial charge on any atom is -0.00416 e. The quantitative estimate of drug-likeness (QED) is 0.300. The highest BCUT2D eigenvalue weighted by atomic mass is 14.6. The molecule has 5 aliphatic rings. The molecule has 4 saturated carbocycles. The van der Waals surface area contributed by atoms with Crippen molar-refractivity contribution in [2.24, 2.45) is 58.2 Å². The van der Waals surface area contributed by atoms with Crippen LogP contribution in [0.2, 0.25) is 0 Å². The molecule has 0 heteroatoms. The predicted octanol–water partition coefficient (Wildman–Crippen LogP) is 11.8. The highest BCUT2D eigenvalue weighted by molar-refractivity contribution is 5.33. The van der Waals surface area contributed by atoms with Crippen LogP contribution in [0.4, 0.5) is 0 Å². The van der Waals surface area contributed by atoms with Crippen LogP contribution < -0.4 is 0 Å². The van der Waals surface area contributed by atoms with E-state index in [9.17, 15) is 0 Å². The molecule has 0 saturated heterocycles. The zero-order valence-electron chi connectivity index (χ0n) is 24.1.